The van der Waals surface area contributed by atoms with Gasteiger partial charge in [-0.15, -0.1) is 11.3 Å². The Bertz CT molecular complexity index is 2580. The van der Waals surface area contributed by atoms with Crippen LogP contribution in [-0.4, -0.2) is 0 Å². The van der Waals surface area contributed by atoms with Crippen LogP contribution in [0.4, 0.5) is 0 Å². The molecule has 0 radical (unpaired) electrons. The van der Waals surface area contributed by atoms with Crippen molar-refractivity contribution in [2.24, 2.45) is 5.73 Å². The molecule has 3 heteroatoms. The van der Waals surface area contributed by atoms with Gasteiger partial charge >= 0.3 is 0 Å². The van der Waals surface area contributed by atoms with Crippen LogP contribution in [0.3, 0.4) is 0 Å². The van der Waals surface area contributed by atoms with Gasteiger partial charge in [-0.05, 0) is 79.0 Å². The largest absolute Gasteiger partial charge is 0.312 e. The standard InChI is InChI=1S/C47H38N2S/c1-47(2)40-24-12-18-30(44(40)39-28-32-16-6-7-17-33(32)29-41(39)47)26-27-42(49-46(48)31-14-4-3-5-15-31)35-20-9-8-19-34(35)37-22-13-23-38-36-21-10-11-25-43(36)50-45(37)38/h3-29,42,46,49H,48H2,1-2H3/b27-26+. The average Bonchev–Trinajstić information content (AvgIpc) is 3.65. The topological polar surface area (TPSA) is 38.0 Å². The molecule has 0 fully saturated rings. The number of hydrogen-bond donors (Lipinski definition) is 2. The highest BCUT2D eigenvalue weighted by molar-refractivity contribution is 7.26. The Kier molecular flexibility index (Phi) is 7.51. The van der Waals surface area contributed by atoms with Crippen molar-refractivity contribution >= 4 is 48.4 Å². The highest BCUT2D eigenvalue weighted by Crippen LogP contribution is 2.51. The van der Waals surface area contributed by atoms with Gasteiger partial charge in [-0.1, -0.05) is 159 Å². The molecule has 0 amide bonds. The van der Waals surface area contributed by atoms with E-state index in [0.717, 1.165) is 5.56 Å². The van der Waals surface area contributed by atoms with Gasteiger partial charge in [0.15, 0.2) is 0 Å². The summed E-state index contributed by atoms with van der Waals surface area (Å²) in [6, 6.07) is 54.6. The lowest BCUT2D eigenvalue weighted by Crippen LogP contribution is -2.31. The molecule has 2 nitrogen and oxygen atoms in total. The summed E-state index contributed by atoms with van der Waals surface area (Å²) in [5, 5.41) is 8.99. The van der Waals surface area contributed by atoms with Gasteiger partial charge in [0.2, 0.25) is 0 Å². The smallest absolute Gasteiger partial charge is 0.0817 e. The molecule has 1 aliphatic carbocycles. The molecule has 242 valence electrons. The molecule has 3 N–H and O–H groups in total. The third-order valence-corrected chi connectivity index (χ3v) is 11.8. The molecule has 50 heavy (non-hydrogen) atoms. The van der Waals surface area contributed by atoms with E-state index >= 15 is 0 Å². The van der Waals surface area contributed by atoms with Crippen molar-refractivity contribution < 1.29 is 0 Å². The number of hydrogen-bond acceptors (Lipinski definition) is 3. The number of benzene rings is 7. The molecule has 0 spiro atoms. The lowest BCUT2D eigenvalue weighted by Gasteiger charge is -2.24. The van der Waals surface area contributed by atoms with Crippen LogP contribution in [-0.2, 0) is 5.41 Å². The summed E-state index contributed by atoms with van der Waals surface area (Å²) in [4.78, 5) is 0. The second-order valence-electron chi connectivity index (χ2n) is 13.9. The van der Waals surface area contributed by atoms with Gasteiger partial charge in [-0.2, -0.15) is 0 Å². The Morgan fingerprint density at radius 3 is 2.16 bits per heavy atom. The van der Waals surface area contributed by atoms with Crippen LogP contribution >= 0.6 is 11.3 Å². The quantitative estimate of drug-likeness (QED) is 0.167. The van der Waals surface area contributed by atoms with Gasteiger partial charge in [-0.3, -0.25) is 5.32 Å². The minimum Gasteiger partial charge on any atom is -0.312 e. The molecule has 2 unspecified atom stereocenters. The lowest BCUT2D eigenvalue weighted by atomic mass is 9.81. The zero-order valence-electron chi connectivity index (χ0n) is 28.2. The van der Waals surface area contributed by atoms with Crippen LogP contribution in [0.2, 0.25) is 0 Å². The lowest BCUT2D eigenvalue weighted by molar-refractivity contribution is 0.510. The summed E-state index contributed by atoms with van der Waals surface area (Å²) in [5.74, 6) is 0. The normalized spacial score (nSPS) is 14.7. The maximum absolute atomic E-state index is 6.93. The first-order valence-electron chi connectivity index (χ1n) is 17.4. The molecular formula is C47H38N2S. The Morgan fingerprint density at radius 1 is 0.620 bits per heavy atom. The highest BCUT2D eigenvalue weighted by Gasteiger charge is 2.36. The van der Waals surface area contributed by atoms with Crippen molar-refractivity contribution in [3.63, 3.8) is 0 Å². The second-order valence-corrected chi connectivity index (χ2v) is 15.0. The molecule has 9 rings (SSSR count). The summed E-state index contributed by atoms with van der Waals surface area (Å²) in [6.45, 7) is 4.71. The van der Waals surface area contributed by atoms with E-state index < -0.39 is 0 Å². The Hall–Kier alpha value is -5.32. The fourth-order valence-corrected chi connectivity index (χ4v) is 9.24. The molecule has 0 saturated carbocycles. The van der Waals surface area contributed by atoms with Gasteiger partial charge in [0, 0.05) is 25.6 Å². The first-order valence-corrected chi connectivity index (χ1v) is 18.2. The molecule has 1 aliphatic rings. The van der Waals surface area contributed by atoms with Crippen molar-refractivity contribution in [1.82, 2.24) is 5.32 Å². The maximum Gasteiger partial charge on any atom is 0.0817 e. The minimum atomic E-state index is -0.355. The summed E-state index contributed by atoms with van der Waals surface area (Å²) in [6.07, 6.45) is 4.27. The van der Waals surface area contributed by atoms with Gasteiger partial charge in [0.25, 0.3) is 0 Å². The summed E-state index contributed by atoms with van der Waals surface area (Å²) >= 11 is 1.87. The van der Waals surface area contributed by atoms with Crippen LogP contribution in [0.5, 0.6) is 0 Å². The molecule has 1 heterocycles. The number of rotatable bonds is 7. The average molecular weight is 663 g/mol. The first kappa shape index (κ1) is 30.7. The molecule has 7 aromatic carbocycles. The fraction of sp³-hybridized carbons (Fsp3) is 0.106. The third kappa shape index (κ3) is 5.09. The van der Waals surface area contributed by atoms with Crippen LogP contribution in [0.1, 0.15) is 53.9 Å². The van der Waals surface area contributed by atoms with E-state index in [0.29, 0.717) is 0 Å². The Morgan fingerprint density at radius 2 is 1.30 bits per heavy atom. The monoisotopic (exact) mass is 662 g/mol. The van der Waals surface area contributed by atoms with Crippen molar-refractivity contribution in [3.05, 3.63) is 186 Å². The van der Waals surface area contributed by atoms with E-state index in [-0.39, 0.29) is 17.6 Å². The summed E-state index contributed by atoms with van der Waals surface area (Å²) in [5.41, 5.74) is 18.2. The minimum absolute atomic E-state index is 0.0958. The molecule has 8 aromatic rings. The number of thiophene rings is 1. The Balaban J connectivity index is 1.19. The highest BCUT2D eigenvalue weighted by atomic mass is 32.1. The zero-order chi connectivity index (χ0) is 33.8. The van der Waals surface area contributed by atoms with Gasteiger partial charge in [0.1, 0.15) is 0 Å². The predicted octanol–water partition coefficient (Wildman–Crippen LogP) is 12.2. The van der Waals surface area contributed by atoms with Crippen molar-refractivity contribution in [2.75, 3.05) is 0 Å². The first-order chi connectivity index (χ1) is 24.5. The SMILES string of the molecule is CC1(C)c2cc3ccccc3cc2-c2c(/C=C/C(NC(N)c3ccccc3)c3ccccc3-c3cccc4c3sc3ccccc34)cccc21. The number of fused-ring (bicyclic) bond motifs is 7. The molecular weight excluding hydrogens is 625 g/mol. The molecule has 1 aromatic heterocycles. The molecule has 0 saturated heterocycles. The van der Waals surface area contributed by atoms with Crippen molar-refractivity contribution in [3.8, 4) is 22.3 Å². The van der Waals surface area contributed by atoms with Gasteiger partial charge < -0.3 is 5.73 Å². The van der Waals surface area contributed by atoms with E-state index in [1.807, 2.05) is 29.5 Å². The van der Waals surface area contributed by atoms with Gasteiger partial charge in [0.05, 0.1) is 12.2 Å². The number of nitrogens with one attached hydrogen (secondary N) is 1. The van der Waals surface area contributed by atoms with Crippen LogP contribution < -0.4 is 11.1 Å². The van der Waals surface area contributed by atoms with Crippen molar-refractivity contribution in [1.29, 1.82) is 0 Å². The second kappa shape index (κ2) is 12.2. The molecule has 2 atom stereocenters. The van der Waals surface area contributed by atoms with Crippen LogP contribution in [0.15, 0.2) is 158 Å². The van der Waals surface area contributed by atoms with E-state index in [9.17, 15) is 0 Å². The summed E-state index contributed by atoms with van der Waals surface area (Å²) in [7, 11) is 0. The summed E-state index contributed by atoms with van der Waals surface area (Å²) < 4.78 is 2.62. The van der Waals surface area contributed by atoms with Gasteiger partial charge in [-0.25, -0.2) is 0 Å². The molecule has 0 bridgehead atoms. The predicted molar refractivity (Wildman–Crippen MR) is 215 cm³/mol. The van der Waals surface area contributed by atoms with Crippen molar-refractivity contribution in [2.45, 2.75) is 31.5 Å². The third-order valence-electron chi connectivity index (χ3n) is 10.6. The number of nitrogens with two attached hydrogens (primary N) is 1. The van der Waals surface area contributed by atoms with Crippen LogP contribution in [0.25, 0.3) is 59.3 Å². The fourth-order valence-electron chi connectivity index (χ4n) is 8.01. The van der Waals surface area contributed by atoms with E-state index in [4.69, 9.17) is 5.73 Å². The Labute approximate surface area is 297 Å². The zero-order valence-corrected chi connectivity index (χ0v) is 29.0. The van der Waals surface area contributed by atoms with E-state index in [1.165, 1.54) is 75.5 Å². The van der Waals surface area contributed by atoms with Crippen LogP contribution in [0, 0.1) is 0 Å². The maximum atomic E-state index is 6.93. The molecule has 0 aliphatic heterocycles. The van der Waals surface area contributed by atoms with E-state index in [2.05, 4.69) is 165 Å². The van der Waals surface area contributed by atoms with E-state index in [1.54, 1.807) is 0 Å².